The normalized spacial score (nSPS) is 37.9. The smallest absolute Gasteiger partial charge is 0.224 e. The van der Waals surface area contributed by atoms with Crippen molar-refractivity contribution in [2.45, 2.75) is 50.8 Å². The van der Waals surface area contributed by atoms with E-state index in [2.05, 4.69) is 0 Å². The van der Waals surface area contributed by atoms with E-state index in [9.17, 15) is 5.11 Å². The molecule has 1 aromatic rings. The van der Waals surface area contributed by atoms with E-state index in [1.165, 1.54) is 0 Å². The van der Waals surface area contributed by atoms with Gasteiger partial charge in [-0.2, -0.15) is 0 Å². The molecule has 0 saturated carbocycles. The van der Waals surface area contributed by atoms with Crippen LogP contribution in [0.1, 0.15) is 38.3 Å². The SMILES string of the molecule is CCC12Cc3ccccc3C(O)(O1)C(C)(C)O2. The Morgan fingerprint density at radius 1 is 1.24 bits per heavy atom. The molecule has 2 unspecified atom stereocenters. The second-order valence-electron chi connectivity index (χ2n) is 5.46. The van der Waals surface area contributed by atoms with Crippen molar-refractivity contribution in [1.82, 2.24) is 0 Å². The van der Waals surface area contributed by atoms with Gasteiger partial charge >= 0.3 is 0 Å². The average molecular weight is 234 g/mol. The molecule has 1 fully saturated rings. The molecule has 2 aliphatic heterocycles. The van der Waals surface area contributed by atoms with Gasteiger partial charge < -0.3 is 14.6 Å². The first-order valence-electron chi connectivity index (χ1n) is 6.14. The third kappa shape index (κ3) is 1.27. The molecular weight excluding hydrogens is 216 g/mol. The Morgan fingerprint density at radius 2 is 1.94 bits per heavy atom. The number of fused-ring (bicyclic) bond motifs is 4. The number of hydrogen-bond donors (Lipinski definition) is 1. The lowest BCUT2D eigenvalue weighted by atomic mass is 9.85. The molecule has 1 aromatic carbocycles. The van der Waals surface area contributed by atoms with Crippen LogP contribution in [0.2, 0.25) is 0 Å². The summed E-state index contributed by atoms with van der Waals surface area (Å²) in [7, 11) is 0. The van der Waals surface area contributed by atoms with Crippen molar-refractivity contribution in [3.8, 4) is 0 Å². The van der Waals surface area contributed by atoms with Crippen LogP contribution in [0, 0.1) is 0 Å². The molecule has 1 saturated heterocycles. The van der Waals surface area contributed by atoms with Crippen LogP contribution in [-0.4, -0.2) is 16.5 Å². The van der Waals surface area contributed by atoms with E-state index in [1.54, 1.807) is 0 Å². The van der Waals surface area contributed by atoms with E-state index in [-0.39, 0.29) is 0 Å². The fourth-order valence-electron chi connectivity index (χ4n) is 2.96. The Morgan fingerprint density at radius 3 is 2.65 bits per heavy atom. The largest absolute Gasteiger partial charge is 0.359 e. The lowest BCUT2D eigenvalue weighted by Gasteiger charge is -2.37. The van der Waals surface area contributed by atoms with Crippen molar-refractivity contribution in [3.05, 3.63) is 35.4 Å². The highest BCUT2D eigenvalue weighted by Crippen LogP contribution is 2.55. The van der Waals surface area contributed by atoms with Crippen molar-refractivity contribution >= 4 is 0 Å². The number of aliphatic hydroxyl groups is 1. The van der Waals surface area contributed by atoms with Crippen LogP contribution in [0.5, 0.6) is 0 Å². The molecule has 3 heteroatoms. The van der Waals surface area contributed by atoms with Crippen molar-refractivity contribution in [1.29, 1.82) is 0 Å². The van der Waals surface area contributed by atoms with Crippen LogP contribution in [0.15, 0.2) is 24.3 Å². The van der Waals surface area contributed by atoms with Crippen LogP contribution in [0.25, 0.3) is 0 Å². The second kappa shape index (κ2) is 3.10. The molecule has 2 aliphatic rings. The summed E-state index contributed by atoms with van der Waals surface area (Å²) in [4.78, 5) is 0. The highest BCUT2D eigenvalue weighted by atomic mass is 16.8. The molecule has 3 rings (SSSR count). The molecular formula is C14H18O3. The molecule has 92 valence electrons. The highest BCUT2D eigenvalue weighted by Gasteiger charge is 2.64. The Balaban J connectivity index is 2.23. The number of benzene rings is 1. The molecule has 2 heterocycles. The van der Waals surface area contributed by atoms with Gasteiger partial charge in [-0.1, -0.05) is 31.2 Å². The summed E-state index contributed by atoms with van der Waals surface area (Å²) < 4.78 is 11.9. The van der Waals surface area contributed by atoms with E-state index in [4.69, 9.17) is 9.47 Å². The number of hydrogen-bond acceptors (Lipinski definition) is 3. The van der Waals surface area contributed by atoms with Gasteiger partial charge in [0.25, 0.3) is 0 Å². The minimum Gasteiger partial charge on any atom is -0.359 e. The Hall–Kier alpha value is -0.900. The number of ether oxygens (including phenoxy) is 2. The van der Waals surface area contributed by atoms with E-state index >= 15 is 0 Å². The van der Waals surface area contributed by atoms with E-state index in [0.29, 0.717) is 6.42 Å². The zero-order chi connectivity index (χ0) is 12.3. The van der Waals surface area contributed by atoms with E-state index < -0.39 is 17.2 Å². The lowest BCUT2D eigenvalue weighted by molar-refractivity contribution is -0.265. The van der Waals surface area contributed by atoms with Crippen LogP contribution in [0.3, 0.4) is 0 Å². The first kappa shape index (κ1) is 11.2. The maximum atomic E-state index is 10.9. The first-order valence-corrected chi connectivity index (χ1v) is 6.14. The maximum Gasteiger partial charge on any atom is 0.224 e. The maximum absolute atomic E-state index is 10.9. The summed E-state index contributed by atoms with van der Waals surface area (Å²) in [5, 5.41) is 10.9. The molecule has 3 nitrogen and oxygen atoms in total. The van der Waals surface area contributed by atoms with Crippen LogP contribution < -0.4 is 0 Å². The predicted molar refractivity (Wildman–Crippen MR) is 63.3 cm³/mol. The molecule has 0 radical (unpaired) electrons. The summed E-state index contributed by atoms with van der Waals surface area (Å²) in [6.45, 7) is 5.79. The minimum atomic E-state index is -1.34. The Labute approximate surface area is 101 Å². The van der Waals surface area contributed by atoms with E-state index in [1.807, 2.05) is 45.0 Å². The molecule has 17 heavy (non-hydrogen) atoms. The van der Waals surface area contributed by atoms with Gasteiger partial charge in [0.15, 0.2) is 5.79 Å². The molecule has 1 N–H and O–H groups in total. The van der Waals surface area contributed by atoms with Gasteiger partial charge in [0.2, 0.25) is 5.79 Å². The highest BCUT2D eigenvalue weighted by molar-refractivity contribution is 5.37. The lowest BCUT2D eigenvalue weighted by Crippen LogP contribution is -2.46. The average Bonchev–Trinajstić information content (AvgIpc) is 2.44. The van der Waals surface area contributed by atoms with Gasteiger partial charge in [-0.05, 0) is 25.8 Å². The molecule has 0 amide bonds. The third-order valence-electron chi connectivity index (χ3n) is 3.97. The summed E-state index contributed by atoms with van der Waals surface area (Å²) in [5.74, 6) is -2.01. The summed E-state index contributed by atoms with van der Waals surface area (Å²) in [5.41, 5.74) is 1.23. The summed E-state index contributed by atoms with van der Waals surface area (Å²) in [6, 6.07) is 7.88. The topological polar surface area (TPSA) is 38.7 Å². The van der Waals surface area contributed by atoms with Crippen LogP contribution in [0.4, 0.5) is 0 Å². The second-order valence-corrected chi connectivity index (χ2v) is 5.46. The monoisotopic (exact) mass is 234 g/mol. The van der Waals surface area contributed by atoms with Gasteiger partial charge in [-0.25, -0.2) is 0 Å². The van der Waals surface area contributed by atoms with Crippen LogP contribution >= 0.6 is 0 Å². The quantitative estimate of drug-likeness (QED) is 0.810. The molecule has 0 aliphatic carbocycles. The number of rotatable bonds is 1. The van der Waals surface area contributed by atoms with Crippen molar-refractivity contribution in [2.24, 2.45) is 0 Å². The van der Waals surface area contributed by atoms with Gasteiger partial charge in [0.1, 0.15) is 5.60 Å². The fraction of sp³-hybridized carbons (Fsp3) is 0.571. The predicted octanol–water partition coefficient (Wildman–Crippen LogP) is 2.32. The summed E-state index contributed by atoms with van der Waals surface area (Å²) in [6.07, 6.45) is 1.43. The molecule has 2 atom stereocenters. The molecule has 0 aromatic heterocycles. The Bertz CT molecular complexity index is 468. The van der Waals surface area contributed by atoms with Crippen LogP contribution in [-0.2, 0) is 21.7 Å². The standard InChI is InChI=1S/C14H18O3/c1-4-13-9-10-7-5-6-8-11(10)14(15,17-13)12(2,3)16-13/h5-8,15H,4,9H2,1-3H3. The third-order valence-corrected chi connectivity index (χ3v) is 3.97. The first-order chi connectivity index (χ1) is 7.93. The van der Waals surface area contributed by atoms with Crippen molar-refractivity contribution in [2.75, 3.05) is 0 Å². The van der Waals surface area contributed by atoms with Crippen molar-refractivity contribution in [3.63, 3.8) is 0 Å². The fourth-order valence-corrected chi connectivity index (χ4v) is 2.96. The van der Waals surface area contributed by atoms with Gasteiger partial charge in [-0.15, -0.1) is 0 Å². The van der Waals surface area contributed by atoms with Gasteiger partial charge in [0.05, 0.1) is 0 Å². The molecule has 0 spiro atoms. The minimum absolute atomic E-state index is 0.674. The van der Waals surface area contributed by atoms with Crippen molar-refractivity contribution < 1.29 is 14.6 Å². The molecule has 2 bridgehead atoms. The zero-order valence-corrected chi connectivity index (χ0v) is 10.5. The Kier molecular flexibility index (Phi) is 2.05. The zero-order valence-electron chi connectivity index (χ0n) is 10.5. The van der Waals surface area contributed by atoms with E-state index in [0.717, 1.165) is 17.5 Å². The van der Waals surface area contributed by atoms with Gasteiger partial charge in [-0.3, -0.25) is 0 Å². The van der Waals surface area contributed by atoms with Gasteiger partial charge in [0, 0.05) is 12.0 Å². The summed E-state index contributed by atoms with van der Waals surface area (Å²) >= 11 is 0.